The van der Waals surface area contributed by atoms with E-state index in [1.807, 2.05) is 26.2 Å². The second-order valence-corrected chi connectivity index (χ2v) is 7.36. The second kappa shape index (κ2) is 6.15. The minimum atomic E-state index is -0.0520. The highest BCUT2D eigenvalue weighted by molar-refractivity contribution is 6.42. The molecular formula is C16H22Cl2N2O. The van der Waals surface area contributed by atoms with Crippen LogP contribution in [-0.4, -0.2) is 37.0 Å². The molecule has 21 heavy (non-hydrogen) atoms. The molecule has 0 saturated heterocycles. The van der Waals surface area contributed by atoms with Gasteiger partial charge < -0.3 is 10.2 Å². The quantitative estimate of drug-likeness (QED) is 0.896. The van der Waals surface area contributed by atoms with Gasteiger partial charge in [-0.1, -0.05) is 29.3 Å². The van der Waals surface area contributed by atoms with Crippen molar-refractivity contribution in [1.29, 1.82) is 0 Å². The Hall–Kier alpha value is -0.770. The molecule has 1 aromatic rings. The van der Waals surface area contributed by atoms with Gasteiger partial charge in [0.2, 0.25) is 5.91 Å². The first-order valence-corrected chi connectivity index (χ1v) is 7.88. The van der Waals surface area contributed by atoms with Crippen LogP contribution in [0.2, 0.25) is 10.0 Å². The van der Waals surface area contributed by atoms with E-state index < -0.39 is 0 Å². The molecule has 1 fully saturated rings. The molecule has 1 aromatic carbocycles. The molecule has 0 aliphatic heterocycles. The highest BCUT2D eigenvalue weighted by atomic mass is 35.5. The zero-order valence-electron chi connectivity index (χ0n) is 12.9. The maximum Gasteiger partial charge on any atom is 0.223 e. The largest absolute Gasteiger partial charge is 0.354 e. The summed E-state index contributed by atoms with van der Waals surface area (Å²) in [6.45, 7) is 4.86. The van der Waals surface area contributed by atoms with Crippen molar-refractivity contribution < 1.29 is 4.79 Å². The third-order valence-corrected chi connectivity index (χ3v) is 5.14. The molecule has 0 radical (unpaired) electrons. The number of benzene rings is 1. The molecule has 116 valence electrons. The molecule has 0 spiro atoms. The molecule has 1 amide bonds. The second-order valence-electron chi connectivity index (χ2n) is 6.55. The number of carbonyl (C=O) groups is 1. The zero-order chi connectivity index (χ0) is 15.8. The molecular weight excluding hydrogens is 307 g/mol. The average Bonchev–Trinajstić information content (AvgIpc) is 3.19. The van der Waals surface area contributed by atoms with Crippen molar-refractivity contribution in [2.45, 2.75) is 31.7 Å². The number of likely N-dealkylation sites (N-methyl/N-ethyl adjacent to an activating group) is 1. The number of amides is 1. The Labute approximate surface area is 136 Å². The fourth-order valence-electron chi connectivity index (χ4n) is 2.19. The lowest BCUT2D eigenvalue weighted by Gasteiger charge is -2.32. The van der Waals surface area contributed by atoms with E-state index in [9.17, 15) is 4.79 Å². The summed E-state index contributed by atoms with van der Waals surface area (Å²) >= 11 is 11.9. The van der Waals surface area contributed by atoms with E-state index in [1.54, 1.807) is 6.07 Å². The number of hydrogen-bond donors (Lipinski definition) is 1. The third-order valence-electron chi connectivity index (χ3n) is 4.40. The number of halogens is 2. The molecule has 2 rings (SSSR count). The van der Waals surface area contributed by atoms with E-state index in [1.165, 1.54) is 0 Å². The summed E-state index contributed by atoms with van der Waals surface area (Å²) < 4.78 is 0. The summed E-state index contributed by atoms with van der Waals surface area (Å²) in [5.74, 6) is 0.448. The van der Waals surface area contributed by atoms with Crippen LogP contribution in [0.4, 0.5) is 0 Å². The van der Waals surface area contributed by atoms with Gasteiger partial charge in [-0.15, -0.1) is 0 Å². The number of nitrogens with zero attached hydrogens (tertiary/aromatic N) is 1. The van der Waals surface area contributed by atoms with Crippen molar-refractivity contribution in [3.8, 4) is 0 Å². The Balaban J connectivity index is 1.91. The van der Waals surface area contributed by atoms with Gasteiger partial charge >= 0.3 is 0 Å². The van der Waals surface area contributed by atoms with Gasteiger partial charge in [0.05, 0.1) is 10.0 Å². The Bertz CT molecular complexity index is 543. The van der Waals surface area contributed by atoms with Crippen LogP contribution in [-0.2, 0) is 4.79 Å². The van der Waals surface area contributed by atoms with E-state index in [2.05, 4.69) is 24.1 Å². The maximum absolute atomic E-state index is 12.2. The number of rotatable bonds is 5. The van der Waals surface area contributed by atoms with Crippen molar-refractivity contribution >= 4 is 29.1 Å². The molecule has 1 aliphatic carbocycles. The SMILES string of the molecule is CN(C)C(C)(C)CNC(=O)[C@H]1C[C@@H]1c1ccc(Cl)c(Cl)c1. The third kappa shape index (κ3) is 3.91. The number of nitrogens with one attached hydrogen (secondary N) is 1. The molecule has 0 unspecified atom stereocenters. The van der Waals surface area contributed by atoms with Crippen molar-refractivity contribution in [3.05, 3.63) is 33.8 Å². The predicted molar refractivity (Wildman–Crippen MR) is 88.1 cm³/mol. The lowest BCUT2D eigenvalue weighted by Crippen LogP contribution is -2.48. The number of hydrogen-bond acceptors (Lipinski definition) is 2. The van der Waals surface area contributed by atoms with Crippen LogP contribution >= 0.6 is 23.2 Å². The maximum atomic E-state index is 12.2. The lowest BCUT2D eigenvalue weighted by molar-refractivity contribution is -0.122. The van der Waals surface area contributed by atoms with E-state index in [0.717, 1.165) is 12.0 Å². The Morgan fingerprint density at radius 3 is 2.57 bits per heavy atom. The van der Waals surface area contributed by atoms with Crippen molar-refractivity contribution in [2.24, 2.45) is 5.92 Å². The van der Waals surface area contributed by atoms with E-state index >= 15 is 0 Å². The van der Waals surface area contributed by atoms with Gasteiger partial charge in [0, 0.05) is 18.0 Å². The molecule has 1 saturated carbocycles. The smallest absolute Gasteiger partial charge is 0.223 e. The summed E-state index contributed by atoms with van der Waals surface area (Å²) in [7, 11) is 4.03. The minimum absolute atomic E-state index is 0.0520. The molecule has 1 N–H and O–H groups in total. The fraction of sp³-hybridized carbons (Fsp3) is 0.562. The highest BCUT2D eigenvalue weighted by Gasteiger charge is 2.44. The van der Waals surface area contributed by atoms with Gasteiger partial charge in [-0.3, -0.25) is 4.79 Å². The van der Waals surface area contributed by atoms with Crippen molar-refractivity contribution in [2.75, 3.05) is 20.6 Å². The minimum Gasteiger partial charge on any atom is -0.354 e. The lowest BCUT2D eigenvalue weighted by atomic mass is 10.0. The van der Waals surface area contributed by atoms with Crippen LogP contribution in [0.3, 0.4) is 0 Å². The average molecular weight is 329 g/mol. The summed E-state index contributed by atoms with van der Waals surface area (Å²) in [6, 6.07) is 5.61. The van der Waals surface area contributed by atoms with E-state index in [4.69, 9.17) is 23.2 Å². The number of carbonyl (C=O) groups excluding carboxylic acids is 1. The van der Waals surface area contributed by atoms with E-state index in [-0.39, 0.29) is 23.3 Å². The van der Waals surface area contributed by atoms with Gasteiger partial charge in [-0.05, 0) is 58.0 Å². The van der Waals surface area contributed by atoms with Gasteiger partial charge in [0.1, 0.15) is 0 Å². The molecule has 0 bridgehead atoms. The molecule has 2 atom stereocenters. The Morgan fingerprint density at radius 2 is 2.00 bits per heavy atom. The summed E-state index contributed by atoms with van der Waals surface area (Å²) in [5.41, 5.74) is 1.04. The van der Waals surface area contributed by atoms with Crippen molar-refractivity contribution in [3.63, 3.8) is 0 Å². The van der Waals surface area contributed by atoms with Crippen LogP contribution in [0, 0.1) is 5.92 Å². The monoisotopic (exact) mass is 328 g/mol. The summed E-state index contributed by atoms with van der Waals surface area (Å²) in [5, 5.41) is 4.15. The van der Waals surface area contributed by atoms with E-state index in [0.29, 0.717) is 16.6 Å². The topological polar surface area (TPSA) is 32.3 Å². The van der Waals surface area contributed by atoms with Crippen LogP contribution in [0.25, 0.3) is 0 Å². The van der Waals surface area contributed by atoms with Crippen LogP contribution < -0.4 is 5.32 Å². The highest BCUT2D eigenvalue weighted by Crippen LogP contribution is 2.48. The van der Waals surface area contributed by atoms with Gasteiger partial charge in [-0.2, -0.15) is 0 Å². The Morgan fingerprint density at radius 1 is 1.33 bits per heavy atom. The Kier molecular flexibility index (Phi) is 4.86. The van der Waals surface area contributed by atoms with Crippen LogP contribution in [0.15, 0.2) is 18.2 Å². The van der Waals surface area contributed by atoms with Crippen LogP contribution in [0.1, 0.15) is 31.7 Å². The first kappa shape index (κ1) is 16.6. The summed E-state index contributed by atoms with van der Waals surface area (Å²) in [4.78, 5) is 14.3. The van der Waals surface area contributed by atoms with Gasteiger partial charge in [0.15, 0.2) is 0 Å². The molecule has 0 heterocycles. The van der Waals surface area contributed by atoms with Gasteiger partial charge in [0.25, 0.3) is 0 Å². The molecule has 5 heteroatoms. The van der Waals surface area contributed by atoms with Crippen molar-refractivity contribution in [1.82, 2.24) is 10.2 Å². The van der Waals surface area contributed by atoms with Gasteiger partial charge in [-0.25, -0.2) is 0 Å². The summed E-state index contributed by atoms with van der Waals surface area (Å²) in [6.07, 6.45) is 0.881. The zero-order valence-corrected chi connectivity index (χ0v) is 14.4. The standard InChI is InChI=1S/C16H22Cl2N2O/c1-16(2,20(3)4)9-19-15(21)12-8-11(12)10-5-6-13(17)14(18)7-10/h5-7,11-12H,8-9H2,1-4H3,(H,19,21)/t11-,12+/m1/s1. The first-order chi connectivity index (χ1) is 9.72. The van der Waals surface area contributed by atoms with Crippen LogP contribution in [0.5, 0.6) is 0 Å². The molecule has 0 aromatic heterocycles. The normalized spacial score (nSPS) is 21.5. The predicted octanol–water partition coefficient (Wildman–Crippen LogP) is 3.55. The molecule has 1 aliphatic rings. The fourth-order valence-corrected chi connectivity index (χ4v) is 2.50. The first-order valence-electron chi connectivity index (χ1n) is 7.12. The molecule has 3 nitrogen and oxygen atoms in total.